The fraction of sp³-hybridized carbons (Fsp3) is 0.667. The lowest BCUT2D eigenvalue weighted by Crippen LogP contribution is -2.40. The largest absolute Gasteiger partial charge is 0.364 e. The Hall–Kier alpha value is -0.790. The van der Waals surface area contributed by atoms with Gasteiger partial charge < -0.3 is 14.7 Å². The van der Waals surface area contributed by atoms with Crippen molar-refractivity contribution in [2.75, 3.05) is 13.6 Å². The lowest BCUT2D eigenvalue weighted by molar-refractivity contribution is 0.390. The summed E-state index contributed by atoms with van der Waals surface area (Å²) in [5, 5.41) is 7.38. The zero-order valence-corrected chi connectivity index (χ0v) is 13.4. The summed E-state index contributed by atoms with van der Waals surface area (Å²) in [4.78, 5) is 6.57. The molecule has 2 rings (SSSR count). The van der Waals surface area contributed by atoms with Crippen molar-refractivity contribution < 1.29 is 4.52 Å². The van der Waals surface area contributed by atoms with Gasteiger partial charge in [-0.3, -0.25) is 4.99 Å². The van der Waals surface area contributed by atoms with Gasteiger partial charge in [0.15, 0.2) is 5.96 Å². The first-order valence-corrected chi connectivity index (χ1v) is 6.12. The van der Waals surface area contributed by atoms with E-state index < -0.39 is 0 Å². The van der Waals surface area contributed by atoms with E-state index in [9.17, 15) is 0 Å². The lowest BCUT2D eigenvalue weighted by atomic mass is 10.4. The van der Waals surface area contributed by atoms with Gasteiger partial charge in [-0.05, 0) is 19.3 Å². The molecular weight excluding hydrogens is 343 g/mol. The number of aromatic nitrogens is 1. The zero-order chi connectivity index (χ0) is 12.3. The van der Waals surface area contributed by atoms with Crippen molar-refractivity contribution in [2.24, 2.45) is 10.9 Å². The maximum Gasteiger partial charge on any atom is 0.194 e. The number of guanidine groups is 1. The van der Waals surface area contributed by atoms with Crippen LogP contribution >= 0.6 is 24.0 Å². The molecule has 1 aromatic rings. The third kappa shape index (κ3) is 4.15. The first-order chi connectivity index (χ1) is 8.20. The van der Waals surface area contributed by atoms with Gasteiger partial charge in [0.05, 0.1) is 6.54 Å². The standard InChI is InChI=1S/C12H20N4O.HI/c1-4-13-12(14-11-7-9(11)2)16(3)8-10-5-6-17-15-10;/h5-6,9,11H,4,7-8H2,1-3H3,(H,13,14);1H. The van der Waals surface area contributed by atoms with Crippen LogP contribution in [-0.4, -0.2) is 35.7 Å². The predicted octanol–water partition coefficient (Wildman–Crippen LogP) is 2.10. The molecule has 0 bridgehead atoms. The molecule has 2 atom stereocenters. The van der Waals surface area contributed by atoms with Crippen molar-refractivity contribution in [1.82, 2.24) is 15.4 Å². The highest BCUT2D eigenvalue weighted by atomic mass is 127. The quantitative estimate of drug-likeness (QED) is 0.505. The normalized spacial score (nSPS) is 22.3. The molecule has 0 spiro atoms. The van der Waals surface area contributed by atoms with E-state index in [2.05, 4.69) is 27.3 Å². The molecule has 0 radical (unpaired) electrons. The molecule has 2 unspecified atom stereocenters. The highest BCUT2D eigenvalue weighted by Gasteiger charge is 2.33. The van der Waals surface area contributed by atoms with Gasteiger partial charge in [-0.25, -0.2) is 0 Å². The number of aliphatic imine (C=N–C) groups is 1. The van der Waals surface area contributed by atoms with Crippen LogP contribution in [0.25, 0.3) is 0 Å². The van der Waals surface area contributed by atoms with E-state index >= 15 is 0 Å². The summed E-state index contributed by atoms with van der Waals surface area (Å²) in [6.45, 7) is 5.79. The maximum absolute atomic E-state index is 4.83. The Bertz CT molecular complexity index is 379. The van der Waals surface area contributed by atoms with E-state index in [0.717, 1.165) is 24.1 Å². The van der Waals surface area contributed by atoms with Gasteiger partial charge in [-0.1, -0.05) is 12.1 Å². The SMILES string of the molecule is CCN=C(NC1CC1C)N(C)Cc1ccon1.I. The van der Waals surface area contributed by atoms with Crippen LogP contribution in [0.15, 0.2) is 21.8 Å². The molecule has 1 N–H and O–H groups in total. The number of nitrogens with zero attached hydrogens (tertiary/aromatic N) is 3. The zero-order valence-electron chi connectivity index (χ0n) is 11.1. The smallest absolute Gasteiger partial charge is 0.194 e. The lowest BCUT2D eigenvalue weighted by Gasteiger charge is -2.21. The number of nitrogens with one attached hydrogen (secondary N) is 1. The summed E-state index contributed by atoms with van der Waals surface area (Å²) in [5.41, 5.74) is 0.918. The van der Waals surface area contributed by atoms with Gasteiger partial charge >= 0.3 is 0 Å². The molecule has 0 amide bonds. The molecule has 102 valence electrons. The number of halogens is 1. The minimum atomic E-state index is 0. The Morgan fingerprint density at radius 2 is 2.39 bits per heavy atom. The Morgan fingerprint density at radius 1 is 1.67 bits per heavy atom. The Balaban J connectivity index is 0.00000162. The maximum atomic E-state index is 4.83. The van der Waals surface area contributed by atoms with Crippen LogP contribution in [0.3, 0.4) is 0 Å². The van der Waals surface area contributed by atoms with E-state index in [-0.39, 0.29) is 24.0 Å². The summed E-state index contributed by atoms with van der Waals surface area (Å²) in [5.74, 6) is 1.71. The molecule has 1 aliphatic carbocycles. The molecule has 0 aliphatic heterocycles. The molecule has 18 heavy (non-hydrogen) atoms. The molecule has 1 fully saturated rings. The molecule has 1 aliphatic rings. The first-order valence-electron chi connectivity index (χ1n) is 6.12. The average molecular weight is 364 g/mol. The van der Waals surface area contributed by atoms with Crippen LogP contribution in [0.4, 0.5) is 0 Å². The second-order valence-corrected chi connectivity index (χ2v) is 4.61. The summed E-state index contributed by atoms with van der Waals surface area (Å²) in [6.07, 6.45) is 2.83. The van der Waals surface area contributed by atoms with E-state index in [4.69, 9.17) is 4.52 Å². The van der Waals surface area contributed by atoms with Gasteiger partial charge in [0.25, 0.3) is 0 Å². The van der Waals surface area contributed by atoms with Gasteiger partial charge in [0, 0.05) is 25.7 Å². The van der Waals surface area contributed by atoms with E-state index in [1.165, 1.54) is 6.42 Å². The topological polar surface area (TPSA) is 53.7 Å². The molecule has 0 aromatic carbocycles. The van der Waals surface area contributed by atoms with Gasteiger partial charge in [0.1, 0.15) is 12.0 Å². The van der Waals surface area contributed by atoms with Crippen LogP contribution in [0, 0.1) is 5.92 Å². The van der Waals surface area contributed by atoms with Crippen molar-refractivity contribution >= 4 is 29.9 Å². The highest BCUT2D eigenvalue weighted by Crippen LogP contribution is 2.29. The minimum Gasteiger partial charge on any atom is -0.364 e. The third-order valence-corrected chi connectivity index (χ3v) is 2.98. The Morgan fingerprint density at radius 3 is 2.89 bits per heavy atom. The second kappa shape index (κ2) is 6.96. The van der Waals surface area contributed by atoms with Crippen LogP contribution in [0.1, 0.15) is 26.0 Å². The van der Waals surface area contributed by atoms with Gasteiger partial charge in [-0.15, -0.1) is 24.0 Å². The fourth-order valence-corrected chi connectivity index (χ4v) is 1.75. The molecule has 1 aromatic heterocycles. The van der Waals surface area contributed by atoms with Crippen LogP contribution in [0.5, 0.6) is 0 Å². The predicted molar refractivity (Wildman–Crippen MR) is 82.1 cm³/mol. The summed E-state index contributed by atoms with van der Waals surface area (Å²) >= 11 is 0. The fourth-order valence-electron chi connectivity index (χ4n) is 1.75. The van der Waals surface area contributed by atoms with Crippen molar-refractivity contribution in [3.8, 4) is 0 Å². The number of rotatable bonds is 4. The number of hydrogen-bond acceptors (Lipinski definition) is 3. The second-order valence-electron chi connectivity index (χ2n) is 4.61. The minimum absolute atomic E-state index is 0. The summed E-state index contributed by atoms with van der Waals surface area (Å²) in [7, 11) is 2.02. The van der Waals surface area contributed by atoms with Crippen molar-refractivity contribution in [1.29, 1.82) is 0 Å². The highest BCUT2D eigenvalue weighted by molar-refractivity contribution is 14.0. The molecule has 1 saturated carbocycles. The Labute approximate surface area is 125 Å². The van der Waals surface area contributed by atoms with Gasteiger partial charge in [-0.2, -0.15) is 0 Å². The van der Waals surface area contributed by atoms with Gasteiger partial charge in [0.2, 0.25) is 0 Å². The molecule has 5 nitrogen and oxygen atoms in total. The third-order valence-electron chi connectivity index (χ3n) is 2.98. The molecule has 1 heterocycles. The molecular formula is C12H21IN4O. The van der Waals surface area contributed by atoms with E-state index in [0.29, 0.717) is 12.6 Å². The average Bonchev–Trinajstić information content (AvgIpc) is 2.80. The van der Waals surface area contributed by atoms with Crippen molar-refractivity contribution in [3.63, 3.8) is 0 Å². The number of hydrogen-bond donors (Lipinski definition) is 1. The van der Waals surface area contributed by atoms with E-state index in [1.54, 1.807) is 6.26 Å². The monoisotopic (exact) mass is 364 g/mol. The van der Waals surface area contributed by atoms with Crippen LogP contribution < -0.4 is 5.32 Å². The Kier molecular flexibility index (Phi) is 5.90. The summed E-state index contributed by atoms with van der Waals surface area (Å²) in [6, 6.07) is 2.46. The molecule has 6 heteroatoms. The van der Waals surface area contributed by atoms with Crippen LogP contribution in [0.2, 0.25) is 0 Å². The van der Waals surface area contributed by atoms with Crippen molar-refractivity contribution in [2.45, 2.75) is 32.9 Å². The summed E-state index contributed by atoms with van der Waals surface area (Å²) < 4.78 is 4.83. The van der Waals surface area contributed by atoms with Crippen LogP contribution in [-0.2, 0) is 6.54 Å². The van der Waals surface area contributed by atoms with E-state index in [1.807, 2.05) is 20.0 Å². The molecule has 0 saturated heterocycles. The first kappa shape index (κ1) is 15.3. The van der Waals surface area contributed by atoms with Crippen molar-refractivity contribution in [3.05, 3.63) is 18.0 Å².